The minimum atomic E-state index is -0.589. The Labute approximate surface area is 156 Å². The number of anilines is 1. The smallest absolute Gasteiger partial charge is 0.348 e. The molecule has 0 fully saturated rings. The third-order valence-electron chi connectivity index (χ3n) is 4.64. The lowest BCUT2D eigenvalue weighted by Gasteiger charge is -2.20. The first-order valence-corrected chi connectivity index (χ1v) is 8.85. The van der Waals surface area contributed by atoms with E-state index in [1.165, 1.54) is 6.07 Å². The van der Waals surface area contributed by atoms with Gasteiger partial charge >= 0.3 is 5.63 Å². The van der Waals surface area contributed by atoms with E-state index < -0.39 is 5.63 Å². The summed E-state index contributed by atoms with van der Waals surface area (Å²) in [5, 5.41) is 18.2. The molecule has 138 valence electrons. The van der Waals surface area contributed by atoms with Crippen molar-refractivity contribution in [2.45, 2.75) is 32.9 Å². The number of fused-ring (bicyclic) bond motifs is 1. The largest absolute Gasteiger partial charge is 0.507 e. The van der Waals surface area contributed by atoms with Crippen molar-refractivity contribution in [3.8, 4) is 5.75 Å². The van der Waals surface area contributed by atoms with Crippen molar-refractivity contribution in [3.05, 3.63) is 70.0 Å². The Kier molecular flexibility index (Phi) is 4.27. The van der Waals surface area contributed by atoms with Crippen LogP contribution in [0.1, 0.15) is 36.4 Å². The van der Waals surface area contributed by atoms with Crippen molar-refractivity contribution in [1.82, 2.24) is 9.78 Å². The Morgan fingerprint density at radius 3 is 2.93 bits per heavy atom. The zero-order valence-corrected chi connectivity index (χ0v) is 15.1. The summed E-state index contributed by atoms with van der Waals surface area (Å²) >= 11 is 0. The highest BCUT2D eigenvalue weighted by atomic mass is 16.4. The third-order valence-corrected chi connectivity index (χ3v) is 4.64. The highest BCUT2D eigenvalue weighted by molar-refractivity contribution is 6.05. The number of aryl methyl sites for hydroxylation is 2. The Bertz CT molecular complexity index is 1080. The summed E-state index contributed by atoms with van der Waals surface area (Å²) in [6, 6.07) is 10.9. The van der Waals surface area contributed by atoms with Crippen molar-refractivity contribution in [1.29, 1.82) is 0 Å². The number of hydrogen-bond acceptors (Lipinski definition) is 6. The number of nitrogens with one attached hydrogen (secondary N) is 1. The molecule has 7 nitrogen and oxygen atoms in total. The average Bonchev–Trinajstić information content (AvgIpc) is 3.02. The zero-order valence-electron chi connectivity index (χ0n) is 15.1. The number of aromatic nitrogens is 2. The maximum Gasteiger partial charge on any atom is 0.348 e. The molecule has 3 aromatic rings. The van der Waals surface area contributed by atoms with Crippen LogP contribution in [0.3, 0.4) is 0 Å². The molecule has 3 heterocycles. The lowest BCUT2D eigenvalue weighted by Crippen LogP contribution is -2.21. The van der Waals surface area contributed by atoms with Crippen LogP contribution in [0.5, 0.6) is 5.75 Å². The molecule has 0 aliphatic carbocycles. The van der Waals surface area contributed by atoms with Crippen molar-refractivity contribution in [2.24, 2.45) is 4.99 Å². The second-order valence-electron chi connectivity index (χ2n) is 6.45. The highest BCUT2D eigenvalue weighted by Gasteiger charge is 2.26. The van der Waals surface area contributed by atoms with Gasteiger partial charge in [-0.1, -0.05) is 12.1 Å². The van der Waals surface area contributed by atoms with Crippen molar-refractivity contribution in [2.75, 3.05) is 5.32 Å². The maximum absolute atomic E-state index is 12.5. The van der Waals surface area contributed by atoms with Gasteiger partial charge in [-0.15, -0.1) is 0 Å². The van der Waals surface area contributed by atoms with Crippen LogP contribution in [0.4, 0.5) is 11.4 Å². The minimum absolute atomic E-state index is 0.103. The molecule has 1 aliphatic rings. The van der Waals surface area contributed by atoms with Crippen LogP contribution >= 0.6 is 0 Å². The van der Waals surface area contributed by atoms with E-state index in [2.05, 4.69) is 15.4 Å². The standard InChI is InChI=1S/C20H20N4O3/c1-3-24-17(8-9-21-24)15-11-16(19-18(25)10-12(2)27-20(19)26)23-14-7-5-4-6-13(14)22-15/h4-10,15,22,25H,3,11H2,1-2H3/t15-/m1/s1. The predicted octanol–water partition coefficient (Wildman–Crippen LogP) is 3.55. The van der Waals surface area contributed by atoms with E-state index in [9.17, 15) is 9.90 Å². The molecule has 0 radical (unpaired) electrons. The molecule has 1 aliphatic heterocycles. The highest BCUT2D eigenvalue weighted by Crippen LogP contribution is 2.36. The second-order valence-corrected chi connectivity index (χ2v) is 6.45. The van der Waals surface area contributed by atoms with Crippen LogP contribution in [0.15, 0.2) is 56.8 Å². The summed E-state index contributed by atoms with van der Waals surface area (Å²) in [5.74, 6) is 0.235. The van der Waals surface area contributed by atoms with E-state index >= 15 is 0 Å². The van der Waals surface area contributed by atoms with Gasteiger partial charge in [0.05, 0.1) is 28.8 Å². The molecule has 7 heteroatoms. The van der Waals surface area contributed by atoms with Crippen LogP contribution in [0.25, 0.3) is 0 Å². The fraction of sp³-hybridized carbons (Fsp3) is 0.250. The monoisotopic (exact) mass is 364 g/mol. The molecule has 27 heavy (non-hydrogen) atoms. The van der Waals surface area contributed by atoms with Crippen molar-refractivity contribution >= 4 is 17.1 Å². The van der Waals surface area contributed by atoms with Gasteiger partial charge in [0.2, 0.25) is 0 Å². The molecule has 0 saturated heterocycles. The fourth-order valence-corrected chi connectivity index (χ4v) is 3.42. The number of para-hydroxylation sites is 2. The number of nitrogens with zero attached hydrogens (tertiary/aromatic N) is 3. The minimum Gasteiger partial charge on any atom is -0.507 e. The van der Waals surface area contributed by atoms with Gasteiger partial charge in [0.25, 0.3) is 0 Å². The van der Waals surface area contributed by atoms with E-state index in [4.69, 9.17) is 4.42 Å². The SMILES string of the molecule is CCn1nccc1[C@H]1CC(c2c(O)cc(C)oc2=O)=Nc2ccccc2N1. The molecular weight excluding hydrogens is 344 g/mol. The van der Waals surface area contributed by atoms with E-state index in [-0.39, 0.29) is 17.4 Å². The van der Waals surface area contributed by atoms with E-state index in [0.717, 1.165) is 17.9 Å². The van der Waals surface area contributed by atoms with Gasteiger partial charge in [-0.05, 0) is 32.0 Å². The lowest BCUT2D eigenvalue weighted by molar-refractivity contribution is 0.432. The Balaban J connectivity index is 1.88. The average molecular weight is 364 g/mol. The molecular formula is C20H20N4O3. The van der Waals surface area contributed by atoms with Gasteiger partial charge in [0.15, 0.2) is 0 Å². The molecule has 0 unspecified atom stereocenters. The first-order valence-electron chi connectivity index (χ1n) is 8.85. The van der Waals surface area contributed by atoms with E-state index in [1.807, 2.05) is 41.9 Å². The van der Waals surface area contributed by atoms with Crippen molar-refractivity contribution in [3.63, 3.8) is 0 Å². The number of hydrogen-bond donors (Lipinski definition) is 2. The normalized spacial score (nSPS) is 16.2. The molecule has 0 spiro atoms. The molecule has 0 bridgehead atoms. The van der Waals surface area contributed by atoms with Gasteiger partial charge in [-0.2, -0.15) is 5.10 Å². The first-order chi connectivity index (χ1) is 13.1. The first kappa shape index (κ1) is 17.1. The molecule has 0 amide bonds. The Hall–Kier alpha value is -3.35. The summed E-state index contributed by atoms with van der Waals surface area (Å²) in [5.41, 5.74) is 2.54. The number of aromatic hydroxyl groups is 1. The van der Waals surface area contributed by atoms with Gasteiger partial charge in [0, 0.05) is 25.2 Å². The Morgan fingerprint density at radius 2 is 2.15 bits per heavy atom. The van der Waals surface area contributed by atoms with Gasteiger partial charge in [0.1, 0.15) is 17.1 Å². The zero-order chi connectivity index (χ0) is 19.0. The molecule has 2 N–H and O–H groups in total. The molecule has 0 saturated carbocycles. The van der Waals surface area contributed by atoms with Crippen LogP contribution in [-0.4, -0.2) is 20.6 Å². The lowest BCUT2D eigenvalue weighted by atomic mass is 10.0. The molecule has 4 rings (SSSR count). The van der Waals surface area contributed by atoms with Crippen LogP contribution < -0.4 is 10.9 Å². The van der Waals surface area contributed by atoms with Crippen LogP contribution in [0, 0.1) is 6.92 Å². The number of rotatable bonds is 3. The predicted molar refractivity (Wildman–Crippen MR) is 103 cm³/mol. The third kappa shape index (κ3) is 3.12. The summed E-state index contributed by atoms with van der Waals surface area (Å²) in [7, 11) is 0. The summed E-state index contributed by atoms with van der Waals surface area (Å²) in [6.07, 6.45) is 2.16. The summed E-state index contributed by atoms with van der Waals surface area (Å²) < 4.78 is 7.11. The van der Waals surface area contributed by atoms with Gasteiger partial charge in [-0.25, -0.2) is 4.79 Å². The second kappa shape index (κ2) is 6.75. The van der Waals surface area contributed by atoms with E-state index in [1.54, 1.807) is 13.1 Å². The number of benzene rings is 1. The molecule has 1 atom stereocenters. The topological polar surface area (TPSA) is 92.6 Å². The van der Waals surface area contributed by atoms with Crippen LogP contribution in [0.2, 0.25) is 0 Å². The fourth-order valence-electron chi connectivity index (χ4n) is 3.42. The van der Waals surface area contributed by atoms with Gasteiger partial charge < -0.3 is 14.8 Å². The quantitative estimate of drug-likeness (QED) is 0.741. The molecule has 1 aromatic carbocycles. The summed E-state index contributed by atoms with van der Waals surface area (Å²) in [6.45, 7) is 4.38. The maximum atomic E-state index is 12.5. The van der Waals surface area contributed by atoms with Gasteiger partial charge in [-0.3, -0.25) is 9.67 Å². The Morgan fingerprint density at radius 1 is 1.33 bits per heavy atom. The van der Waals surface area contributed by atoms with E-state index in [0.29, 0.717) is 23.6 Å². The number of aliphatic imine (C=N–C) groups is 1. The van der Waals surface area contributed by atoms with Crippen LogP contribution in [-0.2, 0) is 6.54 Å². The summed E-state index contributed by atoms with van der Waals surface area (Å²) in [4.78, 5) is 17.1. The molecule has 2 aromatic heterocycles. The van der Waals surface area contributed by atoms with Crippen molar-refractivity contribution < 1.29 is 9.52 Å².